The molecule has 4 nitrogen and oxygen atoms in total. The zero-order valence-electron chi connectivity index (χ0n) is 11.4. The van der Waals surface area contributed by atoms with Gasteiger partial charge in [-0.15, -0.1) is 0 Å². The first-order valence-corrected chi connectivity index (χ1v) is 8.70. The number of aryl methyl sites for hydroxylation is 1. The van der Waals surface area contributed by atoms with Crippen molar-refractivity contribution < 1.29 is 8.42 Å². The summed E-state index contributed by atoms with van der Waals surface area (Å²) in [7, 11) is -2.87. The first-order valence-electron chi connectivity index (χ1n) is 6.88. The highest BCUT2D eigenvalue weighted by Crippen LogP contribution is 2.25. The molecule has 1 heterocycles. The normalized spacial score (nSPS) is 14.8. The van der Waals surface area contributed by atoms with Crippen molar-refractivity contribution in [1.29, 1.82) is 0 Å². The quantitative estimate of drug-likeness (QED) is 0.778. The molecule has 1 aromatic rings. The molecular weight excluding hydrogens is 260 g/mol. The van der Waals surface area contributed by atoms with E-state index < -0.39 is 9.84 Å². The van der Waals surface area contributed by atoms with Crippen LogP contribution in [0.1, 0.15) is 24.5 Å². The minimum Gasteiger partial charge on any atom is -0.385 e. The Bertz CT molecular complexity index is 526. The Morgan fingerprint density at radius 3 is 3.00 bits per heavy atom. The molecule has 0 aliphatic carbocycles. The number of benzene rings is 1. The van der Waals surface area contributed by atoms with E-state index in [4.69, 9.17) is 0 Å². The minimum absolute atomic E-state index is 0.214. The van der Waals surface area contributed by atoms with E-state index in [0.717, 1.165) is 19.5 Å². The van der Waals surface area contributed by atoms with Gasteiger partial charge in [0, 0.05) is 31.1 Å². The average molecular weight is 282 g/mol. The second kappa shape index (κ2) is 6.39. The second-order valence-electron chi connectivity index (χ2n) is 4.89. The Morgan fingerprint density at radius 1 is 1.37 bits per heavy atom. The Hall–Kier alpha value is -1.07. The van der Waals surface area contributed by atoms with Crippen LogP contribution in [0.25, 0.3) is 0 Å². The fraction of sp³-hybridized carbons (Fsp3) is 0.571. The van der Waals surface area contributed by atoms with Crippen LogP contribution in [0.3, 0.4) is 0 Å². The van der Waals surface area contributed by atoms with Gasteiger partial charge in [-0.05, 0) is 24.0 Å². The van der Waals surface area contributed by atoms with Gasteiger partial charge >= 0.3 is 0 Å². The van der Waals surface area contributed by atoms with Crippen molar-refractivity contribution in [2.75, 3.05) is 29.9 Å². The van der Waals surface area contributed by atoms with Crippen LogP contribution in [0.5, 0.6) is 0 Å². The van der Waals surface area contributed by atoms with E-state index in [1.54, 1.807) is 6.92 Å². The van der Waals surface area contributed by atoms with Crippen LogP contribution in [0, 0.1) is 0 Å². The van der Waals surface area contributed by atoms with Crippen molar-refractivity contribution >= 4 is 15.5 Å². The number of sulfone groups is 1. The highest BCUT2D eigenvalue weighted by Gasteiger charge is 2.12. The molecule has 2 rings (SSSR count). The monoisotopic (exact) mass is 282 g/mol. The molecule has 0 amide bonds. The number of hydrogen-bond donors (Lipinski definition) is 2. The number of nitrogens with one attached hydrogen (secondary N) is 2. The Morgan fingerprint density at radius 2 is 2.21 bits per heavy atom. The van der Waals surface area contributed by atoms with Gasteiger partial charge < -0.3 is 10.6 Å². The van der Waals surface area contributed by atoms with Crippen molar-refractivity contribution in [2.45, 2.75) is 26.3 Å². The first kappa shape index (κ1) is 14.3. The lowest BCUT2D eigenvalue weighted by Crippen LogP contribution is -2.24. The van der Waals surface area contributed by atoms with Gasteiger partial charge in [-0.1, -0.05) is 25.1 Å². The molecule has 1 aromatic carbocycles. The standard InChI is InChI=1S/C14H22N2O2S/c1-2-19(17,18)10-9-15-11-13-6-3-5-12-7-4-8-16-14(12)13/h3,5-6,15-16H,2,4,7-11H2,1H3. The molecule has 0 fully saturated rings. The third kappa shape index (κ3) is 3.94. The van der Waals surface area contributed by atoms with Gasteiger partial charge in [0.2, 0.25) is 0 Å². The molecule has 1 aliphatic heterocycles. The molecule has 5 heteroatoms. The maximum absolute atomic E-state index is 11.4. The molecule has 0 saturated heterocycles. The van der Waals surface area contributed by atoms with Crippen LogP contribution in [-0.2, 0) is 22.8 Å². The number of para-hydroxylation sites is 1. The molecule has 0 aromatic heterocycles. The molecule has 19 heavy (non-hydrogen) atoms. The summed E-state index contributed by atoms with van der Waals surface area (Å²) in [6.07, 6.45) is 2.30. The van der Waals surface area contributed by atoms with Gasteiger partial charge in [-0.2, -0.15) is 0 Å². The summed E-state index contributed by atoms with van der Waals surface area (Å²) >= 11 is 0. The van der Waals surface area contributed by atoms with Crippen molar-refractivity contribution in [3.05, 3.63) is 29.3 Å². The molecule has 2 N–H and O–H groups in total. The SMILES string of the molecule is CCS(=O)(=O)CCNCc1cccc2c1NCCC2. The molecule has 0 radical (unpaired) electrons. The van der Waals surface area contributed by atoms with Gasteiger partial charge in [0.15, 0.2) is 9.84 Å². The summed E-state index contributed by atoms with van der Waals surface area (Å²) < 4.78 is 22.8. The molecule has 0 bridgehead atoms. The zero-order valence-corrected chi connectivity index (χ0v) is 12.2. The summed E-state index contributed by atoms with van der Waals surface area (Å²) in [6.45, 7) is 3.94. The molecule has 106 valence electrons. The third-order valence-corrected chi connectivity index (χ3v) is 5.21. The lowest BCUT2D eigenvalue weighted by Gasteiger charge is -2.21. The van der Waals surface area contributed by atoms with E-state index in [2.05, 4.69) is 28.8 Å². The van der Waals surface area contributed by atoms with E-state index in [0.29, 0.717) is 6.54 Å². The number of anilines is 1. The van der Waals surface area contributed by atoms with E-state index >= 15 is 0 Å². The molecule has 1 aliphatic rings. The molecule has 0 spiro atoms. The molecule has 0 atom stereocenters. The largest absolute Gasteiger partial charge is 0.385 e. The number of hydrogen-bond acceptors (Lipinski definition) is 4. The fourth-order valence-electron chi connectivity index (χ4n) is 2.32. The molecule has 0 unspecified atom stereocenters. The fourth-order valence-corrected chi connectivity index (χ4v) is 3.07. The number of fused-ring (bicyclic) bond motifs is 1. The van der Waals surface area contributed by atoms with Crippen LogP contribution in [0.4, 0.5) is 5.69 Å². The van der Waals surface area contributed by atoms with Gasteiger partial charge in [0.25, 0.3) is 0 Å². The third-order valence-electron chi connectivity index (χ3n) is 3.51. The van der Waals surface area contributed by atoms with Crippen LogP contribution < -0.4 is 10.6 Å². The maximum Gasteiger partial charge on any atom is 0.151 e. The van der Waals surface area contributed by atoms with Crippen molar-refractivity contribution in [3.63, 3.8) is 0 Å². The summed E-state index contributed by atoms with van der Waals surface area (Å²) in [6, 6.07) is 6.33. The van der Waals surface area contributed by atoms with Gasteiger partial charge in [-0.25, -0.2) is 8.42 Å². The molecular formula is C14H22N2O2S. The van der Waals surface area contributed by atoms with Gasteiger partial charge in [-0.3, -0.25) is 0 Å². The first-order chi connectivity index (χ1) is 9.12. The Balaban J connectivity index is 1.90. The average Bonchev–Trinajstić information content (AvgIpc) is 2.44. The Kier molecular flexibility index (Phi) is 4.82. The highest BCUT2D eigenvalue weighted by atomic mass is 32.2. The van der Waals surface area contributed by atoms with Crippen LogP contribution >= 0.6 is 0 Å². The van der Waals surface area contributed by atoms with Crippen molar-refractivity contribution in [1.82, 2.24) is 5.32 Å². The van der Waals surface area contributed by atoms with Crippen LogP contribution in [0.15, 0.2) is 18.2 Å². The van der Waals surface area contributed by atoms with Crippen molar-refractivity contribution in [3.8, 4) is 0 Å². The predicted molar refractivity (Wildman–Crippen MR) is 79.3 cm³/mol. The van der Waals surface area contributed by atoms with E-state index in [9.17, 15) is 8.42 Å². The summed E-state index contributed by atoms with van der Waals surface area (Å²) in [5.41, 5.74) is 3.83. The van der Waals surface area contributed by atoms with Gasteiger partial charge in [0.05, 0.1) is 5.75 Å². The zero-order chi connectivity index (χ0) is 13.7. The minimum atomic E-state index is -2.87. The summed E-state index contributed by atoms with van der Waals surface area (Å²) in [5.74, 6) is 0.433. The lowest BCUT2D eigenvalue weighted by atomic mass is 9.99. The second-order valence-corrected chi connectivity index (χ2v) is 7.37. The van der Waals surface area contributed by atoms with E-state index in [1.165, 1.54) is 23.2 Å². The predicted octanol–water partition coefficient (Wildman–Crippen LogP) is 1.57. The van der Waals surface area contributed by atoms with E-state index in [-0.39, 0.29) is 11.5 Å². The Labute approximate surface area is 115 Å². The topological polar surface area (TPSA) is 58.2 Å². The number of rotatable bonds is 6. The van der Waals surface area contributed by atoms with Crippen LogP contribution in [0.2, 0.25) is 0 Å². The van der Waals surface area contributed by atoms with Crippen LogP contribution in [-0.4, -0.2) is 33.0 Å². The highest BCUT2D eigenvalue weighted by molar-refractivity contribution is 7.91. The van der Waals surface area contributed by atoms with Crippen molar-refractivity contribution in [2.24, 2.45) is 0 Å². The van der Waals surface area contributed by atoms with Gasteiger partial charge in [0.1, 0.15) is 0 Å². The lowest BCUT2D eigenvalue weighted by molar-refractivity contribution is 0.592. The molecule has 0 saturated carbocycles. The maximum atomic E-state index is 11.4. The summed E-state index contributed by atoms with van der Waals surface area (Å²) in [4.78, 5) is 0. The summed E-state index contributed by atoms with van der Waals surface area (Å²) in [5, 5.41) is 6.66. The smallest absolute Gasteiger partial charge is 0.151 e. The van der Waals surface area contributed by atoms with E-state index in [1.807, 2.05) is 0 Å².